The predicted molar refractivity (Wildman–Crippen MR) is 76.4 cm³/mol. The number of hydrogen-bond acceptors (Lipinski definition) is 2. The Hall–Kier alpha value is -1.91. The Morgan fingerprint density at radius 3 is 2.23 bits per heavy atom. The zero-order chi connectivity index (χ0) is 15.3. The number of halogens is 3. The van der Waals surface area contributed by atoms with Crippen LogP contribution in [0.15, 0.2) is 30.5 Å². The Bertz CT molecular complexity index is 716. The standard InChI is InChI=1S/C17H15F3N2/c18-17(19,20)14-4-2-1-3-12(14)13-9-21-22-16(11-7-8-11)15(13)10-5-6-10/h1-4,9-11H,5-8H2. The largest absolute Gasteiger partial charge is 0.417 e. The minimum Gasteiger partial charge on any atom is -0.166 e. The maximum absolute atomic E-state index is 13.3. The van der Waals surface area contributed by atoms with Crippen LogP contribution in [0.3, 0.4) is 0 Å². The van der Waals surface area contributed by atoms with Crippen LogP contribution in [0, 0.1) is 0 Å². The lowest BCUT2D eigenvalue weighted by Gasteiger charge is -2.17. The predicted octanol–water partition coefficient (Wildman–Crippen LogP) is 4.92. The first-order chi connectivity index (χ1) is 10.6. The summed E-state index contributed by atoms with van der Waals surface area (Å²) in [6.45, 7) is 0. The van der Waals surface area contributed by atoms with E-state index < -0.39 is 11.7 Å². The summed E-state index contributed by atoms with van der Waals surface area (Å²) in [6.07, 6.45) is 1.35. The van der Waals surface area contributed by atoms with Gasteiger partial charge in [0.15, 0.2) is 0 Å². The molecule has 2 nitrogen and oxygen atoms in total. The number of hydrogen-bond donors (Lipinski definition) is 0. The Kier molecular flexibility index (Phi) is 2.99. The molecule has 0 radical (unpaired) electrons. The van der Waals surface area contributed by atoms with Crippen molar-refractivity contribution >= 4 is 0 Å². The number of aromatic nitrogens is 2. The van der Waals surface area contributed by atoms with Crippen LogP contribution in [0.25, 0.3) is 11.1 Å². The molecule has 2 aliphatic carbocycles. The van der Waals surface area contributed by atoms with Gasteiger partial charge >= 0.3 is 6.18 Å². The minimum atomic E-state index is -4.36. The van der Waals surface area contributed by atoms with Gasteiger partial charge in [-0.3, -0.25) is 0 Å². The van der Waals surface area contributed by atoms with Crippen molar-refractivity contribution in [3.05, 3.63) is 47.3 Å². The van der Waals surface area contributed by atoms with E-state index in [9.17, 15) is 13.2 Å². The third-order valence-corrected chi connectivity index (χ3v) is 4.39. The minimum absolute atomic E-state index is 0.230. The van der Waals surface area contributed by atoms with E-state index in [-0.39, 0.29) is 5.56 Å². The van der Waals surface area contributed by atoms with Crippen LogP contribution in [0.2, 0.25) is 0 Å². The fourth-order valence-corrected chi connectivity index (χ4v) is 3.05. The van der Waals surface area contributed by atoms with Gasteiger partial charge in [-0.05, 0) is 48.8 Å². The molecule has 2 aliphatic rings. The second-order valence-corrected chi connectivity index (χ2v) is 6.15. The molecule has 2 saturated carbocycles. The molecular weight excluding hydrogens is 289 g/mol. The lowest BCUT2D eigenvalue weighted by Crippen LogP contribution is -2.09. The summed E-state index contributed by atoms with van der Waals surface area (Å²) >= 11 is 0. The van der Waals surface area contributed by atoms with Crippen molar-refractivity contribution in [3.8, 4) is 11.1 Å². The maximum Gasteiger partial charge on any atom is 0.417 e. The molecule has 1 heterocycles. The molecular formula is C17H15F3N2. The van der Waals surface area contributed by atoms with E-state index >= 15 is 0 Å². The lowest BCUT2D eigenvalue weighted by molar-refractivity contribution is -0.137. The van der Waals surface area contributed by atoms with Gasteiger partial charge in [-0.2, -0.15) is 23.4 Å². The molecule has 5 heteroatoms. The highest BCUT2D eigenvalue weighted by atomic mass is 19.4. The number of alkyl halides is 3. The van der Waals surface area contributed by atoms with Crippen molar-refractivity contribution < 1.29 is 13.2 Å². The van der Waals surface area contributed by atoms with E-state index in [1.807, 2.05) is 0 Å². The quantitative estimate of drug-likeness (QED) is 0.804. The first-order valence-corrected chi connectivity index (χ1v) is 7.58. The molecule has 22 heavy (non-hydrogen) atoms. The highest BCUT2D eigenvalue weighted by Gasteiger charge is 2.39. The lowest BCUT2D eigenvalue weighted by atomic mass is 9.92. The Balaban J connectivity index is 1.92. The third-order valence-electron chi connectivity index (χ3n) is 4.39. The van der Waals surface area contributed by atoms with Crippen molar-refractivity contribution in [2.45, 2.75) is 43.7 Å². The molecule has 114 valence electrons. The highest BCUT2D eigenvalue weighted by molar-refractivity contribution is 5.72. The van der Waals surface area contributed by atoms with Crippen molar-refractivity contribution in [2.75, 3.05) is 0 Å². The van der Waals surface area contributed by atoms with Gasteiger partial charge < -0.3 is 0 Å². The SMILES string of the molecule is FC(F)(F)c1ccccc1-c1cnnc(C2CC2)c1C1CC1. The molecule has 0 N–H and O–H groups in total. The summed E-state index contributed by atoms with van der Waals surface area (Å²) in [4.78, 5) is 0. The number of nitrogens with zero attached hydrogens (tertiary/aromatic N) is 2. The Morgan fingerprint density at radius 2 is 1.59 bits per heavy atom. The van der Waals surface area contributed by atoms with Gasteiger partial charge in [0, 0.05) is 11.5 Å². The molecule has 4 rings (SSSR count). The normalized spacial score (nSPS) is 18.5. The van der Waals surface area contributed by atoms with Gasteiger partial charge in [-0.1, -0.05) is 18.2 Å². The fraction of sp³-hybridized carbons (Fsp3) is 0.412. The van der Waals surface area contributed by atoms with Crippen LogP contribution in [0.4, 0.5) is 13.2 Å². The van der Waals surface area contributed by atoms with Gasteiger partial charge in [-0.15, -0.1) is 0 Å². The third kappa shape index (κ3) is 2.38. The smallest absolute Gasteiger partial charge is 0.166 e. The van der Waals surface area contributed by atoms with Crippen molar-refractivity contribution in [2.24, 2.45) is 0 Å². The van der Waals surface area contributed by atoms with Crippen LogP contribution >= 0.6 is 0 Å². The van der Waals surface area contributed by atoms with Crippen molar-refractivity contribution in [1.82, 2.24) is 10.2 Å². The zero-order valence-corrected chi connectivity index (χ0v) is 11.9. The van der Waals surface area contributed by atoms with E-state index in [0.717, 1.165) is 43.0 Å². The second kappa shape index (κ2) is 4.80. The van der Waals surface area contributed by atoms with E-state index in [1.54, 1.807) is 12.1 Å². The molecule has 1 aromatic carbocycles. The van der Waals surface area contributed by atoms with E-state index in [1.165, 1.54) is 12.3 Å². The van der Waals surface area contributed by atoms with Gasteiger partial charge in [0.2, 0.25) is 0 Å². The summed E-state index contributed by atoms with van der Waals surface area (Å²) in [5.74, 6) is 0.739. The van der Waals surface area contributed by atoms with Crippen molar-refractivity contribution in [1.29, 1.82) is 0 Å². The Morgan fingerprint density at radius 1 is 0.909 bits per heavy atom. The van der Waals surface area contributed by atoms with Crippen LogP contribution in [0.1, 0.15) is 54.3 Å². The summed E-state index contributed by atoms with van der Waals surface area (Å²) in [5.41, 5.74) is 2.19. The maximum atomic E-state index is 13.3. The number of benzene rings is 1. The van der Waals surface area contributed by atoms with Gasteiger partial charge in [-0.25, -0.2) is 0 Å². The number of rotatable bonds is 3. The first kappa shape index (κ1) is 13.7. The second-order valence-electron chi connectivity index (χ2n) is 6.15. The summed E-state index contributed by atoms with van der Waals surface area (Å²) in [7, 11) is 0. The molecule has 0 atom stereocenters. The fourth-order valence-electron chi connectivity index (χ4n) is 3.05. The zero-order valence-electron chi connectivity index (χ0n) is 11.9. The first-order valence-electron chi connectivity index (χ1n) is 7.58. The molecule has 0 bridgehead atoms. The molecule has 0 spiro atoms. The van der Waals surface area contributed by atoms with E-state index in [0.29, 0.717) is 17.4 Å². The molecule has 0 amide bonds. The average molecular weight is 304 g/mol. The van der Waals surface area contributed by atoms with Crippen molar-refractivity contribution in [3.63, 3.8) is 0 Å². The Labute approximate surface area is 126 Å². The summed E-state index contributed by atoms with van der Waals surface area (Å²) in [6, 6.07) is 5.77. The van der Waals surface area contributed by atoms with Crippen LogP contribution in [-0.2, 0) is 6.18 Å². The molecule has 0 saturated heterocycles. The molecule has 0 unspecified atom stereocenters. The van der Waals surface area contributed by atoms with Crippen LogP contribution < -0.4 is 0 Å². The van der Waals surface area contributed by atoms with E-state index in [2.05, 4.69) is 10.2 Å². The van der Waals surface area contributed by atoms with Gasteiger partial charge in [0.05, 0.1) is 17.5 Å². The molecule has 2 aromatic rings. The topological polar surface area (TPSA) is 25.8 Å². The monoisotopic (exact) mass is 304 g/mol. The van der Waals surface area contributed by atoms with Gasteiger partial charge in [0.1, 0.15) is 0 Å². The summed E-state index contributed by atoms with van der Waals surface area (Å²) in [5, 5.41) is 8.25. The molecule has 1 aromatic heterocycles. The van der Waals surface area contributed by atoms with Crippen LogP contribution in [0.5, 0.6) is 0 Å². The highest BCUT2D eigenvalue weighted by Crippen LogP contribution is 2.52. The van der Waals surface area contributed by atoms with E-state index in [4.69, 9.17) is 0 Å². The van der Waals surface area contributed by atoms with Crippen LogP contribution in [-0.4, -0.2) is 10.2 Å². The van der Waals surface area contributed by atoms with Gasteiger partial charge in [0.25, 0.3) is 0 Å². The summed E-state index contributed by atoms with van der Waals surface area (Å²) < 4.78 is 40.0. The molecule has 2 fully saturated rings. The average Bonchev–Trinajstić information content (AvgIpc) is 3.39. The molecule has 0 aliphatic heterocycles.